The molecule has 100 valence electrons. The van der Waals surface area contributed by atoms with Gasteiger partial charge in [-0.15, -0.1) is 0 Å². The molecule has 1 N–H and O–H groups in total. The Hall–Kier alpha value is -1.29. The number of halogens is 2. The Morgan fingerprint density at radius 2 is 1.84 bits per heavy atom. The van der Waals surface area contributed by atoms with E-state index in [1.54, 1.807) is 13.3 Å². The number of ether oxygens (including phenoxy) is 1. The van der Waals surface area contributed by atoms with Crippen molar-refractivity contribution < 1.29 is 4.74 Å². The first-order valence-electron chi connectivity index (χ1n) is 5.84. The summed E-state index contributed by atoms with van der Waals surface area (Å²) >= 11 is 12.2. The van der Waals surface area contributed by atoms with Crippen LogP contribution in [0.5, 0.6) is 5.88 Å². The highest BCUT2D eigenvalue weighted by molar-refractivity contribution is 6.35. The normalized spacial score (nSPS) is 10.5. The zero-order chi connectivity index (χ0) is 13.7. The third-order valence-electron chi connectivity index (χ3n) is 2.72. The first-order valence-corrected chi connectivity index (χ1v) is 6.59. The number of aromatic nitrogens is 1. The van der Waals surface area contributed by atoms with Gasteiger partial charge in [0.1, 0.15) is 0 Å². The molecule has 0 saturated carbocycles. The molecule has 19 heavy (non-hydrogen) atoms. The number of hydrogen-bond acceptors (Lipinski definition) is 3. The van der Waals surface area contributed by atoms with E-state index in [4.69, 9.17) is 27.9 Å². The van der Waals surface area contributed by atoms with Crippen molar-refractivity contribution in [2.75, 3.05) is 7.11 Å². The minimum Gasteiger partial charge on any atom is -0.481 e. The largest absolute Gasteiger partial charge is 0.481 e. The van der Waals surface area contributed by atoms with Gasteiger partial charge < -0.3 is 10.1 Å². The van der Waals surface area contributed by atoms with Crippen LogP contribution in [0, 0.1) is 0 Å². The van der Waals surface area contributed by atoms with Crippen LogP contribution >= 0.6 is 23.2 Å². The van der Waals surface area contributed by atoms with Crippen LogP contribution < -0.4 is 10.1 Å². The highest BCUT2D eigenvalue weighted by Crippen LogP contribution is 2.24. The van der Waals surface area contributed by atoms with Crippen LogP contribution in [-0.4, -0.2) is 12.1 Å². The van der Waals surface area contributed by atoms with E-state index in [-0.39, 0.29) is 0 Å². The molecule has 1 aromatic carbocycles. The summed E-state index contributed by atoms with van der Waals surface area (Å²) in [6.45, 7) is 1.23. The van der Waals surface area contributed by atoms with Gasteiger partial charge in [0.25, 0.3) is 0 Å². The van der Waals surface area contributed by atoms with Crippen molar-refractivity contribution in [1.82, 2.24) is 10.3 Å². The number of hydrogen-bond donors (Lipinski definition) is 1. The maximum absolute atomic E-state index is 6.11. The molecule has 0 aliphatic rings. The van der Waals surface area contributed by atoms with Gasteiger partial charge in [0, 0.05) is 40.5 Å². The molecule has 0 spiro atoms. The van der Waals surface area contributed by atoms with Crippen LogP contribution in [0.15, 0.2) is 36.5 Å². The van der Waals surface area contributed by atoms with E-state index in [0.717, 1.165) is 11.1 Å². The fourth-order valence-corrected chi connectivity index (χ4v) is 2.30. The van der Waals surface area contributed by atoms with Crippen LogP contribution in [0.2, 0.25) is 10.0 Å². The Bertz CT molecular complexity index is 541. The van der Waals surface area contributed by atoms with E-state index < -0.39 is 0 Å². The van der Waals surface area contributed by atoms with E-state index in [2.05, 4.69) is 10.3 Å². The smallest absolute Gasteiger partial charge is 0.217 e. The predicted molar refractivity (Wildman–Crippen MR) is 77.8 cm³/mol. The monoisotopic (exact) mass is 296 g/mol. The van der Waals surface area contributed by atoms with Gasteiger partial charge in [-0.2, -0.15) is 0 Å². The zero-order valence-corrected chi connectivity index (χ0v) is 12.0. The maximum atomic E-state index is 6.11. The van der Waals surface area contributed by atoms with Gasteiger partial charge in [-0.25, -0.2) is 4.98 Å². The number of pyridine rings is 1. The second-order valence-electron chi connectivity index (χ2n) is 3.98. The molecule has 0 radical (unpaired) electrons. The molecule has 5 heteroatoms. The molecule has 0 aliphatic heterocycles. The topological polar surface area (TPSA) is 34.1 Å². The average molecular weight is 297 g/mol. The standard InChI is InChI=1S/C14H14Cl2N2O/c1-19-14-10(4-3-7-18-14)8-17-9-11-12(15)5-2-6-13(11)16/h2-7,17H,8-9H2,1H3. The Morgan fingerprint density at radius 3 is 2.53 bits per heavy atom. The van der Waals surface area contributed by atoms with Gasteiger partial charge in [-0.05, 0) is 18.2 Å². The van der Waals surface area contributed by atoms with Crippen molar-refractivity contribution in [3.8, 4) is 5.88 Å². The number of rotatable bonds is 5. The molecule has 0 aliphatic carbocycles. The minimum atomic E-state index is 0.594. The van der Waals surface area contributed by atoms with Crippen molar-refractivity contribution in [3.63, 3.8) is 0 Å². The lowest BCUT2D eigenvalue weighted by Crippen LogP contribution is -2.14. The molecular weight excluding hydrogens is 283 g/mol. The summed E-state index contributed by atoms with van der Waals surface area (Å²) in [5.74, 6) is 0.625. The highest BCUT2D eigenvalue weighted by Gasteiger charge is 2.06. The number of methoxy groups -OCH3 is 1. The van der Waals surface area contributed by atoms with Crippen LogP contribution in [0.3, 0.4) is 0 Å². The van der Waals surface area contributed by atoms with Crippen molar-refractivity contribution in [2.45, 2.75) is 13.1 Å². The molecule has 0 unspecified atom stereocenters. The van der Waals surface area contributed by atoms with Gasteiger partial charge in [-0.3, -0.25) is 0 Å². The van der Waals surface area contributed by atoms with Crippen LogP contribution in [0.25, 0.3) is 0 Å². The van der Waals surface area contributed by atoms with Crippen molar-refractivity contribution >= 4 is 23.2 Å². The number of benzene rings is 1. The van der Waals surface area contributed by atoms with Crippen molar-refractivity contribution in [1.29, 1.82) is 0 Å². The lowest BCUT2D eigenvalue weighted by atomic mass is 10.2. The summed E-state index contributed by atoms with van der Waals surface area (Å²) in [5.41, 5.74) is 1.89. The molecule has 0 fully saturated rings. The van der Waals surface area contributed by atoms with Crippen LogP contribution in [-0.2, 0) is 13.1 Å². The molecule has 1 aromatic heterocycles. The van der Waals surface area contributed by atoms with Gasteiger partial charge in [0.2, 0.25) is 5.88 Å². The molecule has 2 rings (SSSR count). The molecule has 0 amide bonds. The molecule has 0 bridgehead atoms. The van der Waals surface area contributed by atoms with Gasteiger partial charge in [0.15, 0.2) is 0 Å². The zero-order valence-electron chi connectivity index (χ0n) is 10.5. The molecule has 0 saturated heterocycles. The lowest BCUT2D eigenvalue weighted by molar-refractivity contribution is 0.390. The Morgan fingerprint density at radius 1 is 1.11 bits per heavy atom. The number of nitrogens with zero attached hydrogens (tertiary/aromatic N) is 1. The summed E-state index contributed by atoms with van der Waals surface area (Å²) in [4.78, 5) is 4.14. The van der Waals surface area contributed by atoms with E-state index >= 15 is 0 Å². The maximum Gasteiger partial charge on any atom is 0.217 e. The second kappa shape index (κ2) is 6.75. The summed E-state index contributed by atoms with van der Waals surface area (Å²) < 4.78 is 5.19. The summed E-state index contributed by atoms with van der Waals surface area (Å²) in [5, 5.41) is 4.62. The Labute approximate surface area is 122 Å². The third-order valence-corrected chi connectivity index (χ3v) is 3.43. The molecular formula is C14H14Cl2N2O. The van der Waals surface area contributed by atoms with Crippen molar-refractivity contribution in [2.24, 2.45) is 0 Å². The van der Waals surface area contributed by atoms with Crippen LogP contribution in [0.4, 0.5) is 0 Å². The van der Waals surface area contributed by atoms with Gasteiger partial charge in [-0.1, -0.05) is 35.3 Å². The second-order valence-corrected chi connectivity index (χ2v) is 4.79. The average Bonchev–Trinajstić information content (AvgIpc) is 2.42. The van der Waals surface area contributed by atoms with Crippen molar-refractivity contribution in [3.05, 3.63) is 57.7 Å². The minimum absolute atomic E-state index is 0.594. The Kier molecular flexibility index (Phi) is 5.02. The first-order chi connectivity index (χ1) is 9.22. The highest BCUT2D eigenvalue weighted by atomic mass is 35.5. The first kappa shape index (κ1) is 14.1. The lowest BCUT2D eigenvalue weighted by Gasteiger charge is -2.10. The summed E-state index contributed by atoms with van der Waals surface area (Å²) in [7, 11) is 1.61. The predicted octanol–water partition coefficient (Wildman–Crippen LogP) is 3.69. The summed E-state index contributed by atoms with van der Waals surface area (Å²) in [6.07, 6.45) is 1.70. The molecule has 2 aromatic rings. The molecule has 0 atom stereocenters. The summed E-state index contributed by atoms with van der Waals surface area (Å²) in [6, 6.07) is 9.33. The third kappa shape index (κ3) is 3.60. The fourth-order valence-electron chi connectivity index (χ4n) is 1.77. The van der Waals surface area contributed by atoms with Crippen LogP contribution in [0.1, 0.15) is 11.1 Å². The molecule has 3 nitrogen and oxygen atoms in total. The number of nitrogens with one attached hydrogen (secondary N) is 1. The molecule has 1 heterocycles. The SMILES string of the molecule is COc1ncccc1CNCc1c(Cl)cccc1Cl. The Balaban J connectivity index is 2.00. The van der Waals surface area contributed by atoms with E-state index in [1.807, 2.05) is 30.3 Å². The van der Waals surface area contributed by atoms with E-state index in [0.29, 0.717) is 29.0 Å². The van der Waals surface area contributed by atoms with E-state index in [1.165, 1.54) is 0 Å². The fraction of sp³-hybridized carbons (Fsp3) is 0.214. The van der Waals surface area contributed by atoms with E-state index in [9.17, 15) is 0 Å². The quantitative estimate of drug-likeness (QED) is 0.914. The van der Waals surface area contributed by atoms with Gasteiger partial charge >= 0.3 is 0 Å². The van der Waals surface area contributed by atoms with Gasteiger partial charge in [0.05, 0.1) is 7.11 Å².